The van der Waals surface area contributed by atoms with Crippen LogP contribution in [0, 0.1) is 11.3 Å². The number of nitrogens with zero attached hydrogens (tertiary/aromatic N) is 2. The molecule has 1 aromatic heterocycles. The van der Waals surface area contributed by atoms with Gasteiger partial charge in [-0.3, -0.25) is 0 Å². The summed E-state index contributed by atoms with van der Waals surface area (Å²) in [6.45, 7) is 2.10. The molecule has 0 aliphatic carbocycles. The van der Waals surface area contributed by atoms with Crippen molar-refractivity contribution in [2.45, 2.75) is 26.4 Å². The van der Waals surface area contributed by atoms with E-state index >= 15 is 0 Å². The molecule has 1 aromatic carbocycles. The molecule has 0 unspecified atom stereocenters. The van der Waals surface area contributed by atoms with Crippen LogP contribution in [0.2, 0.25) is 0 Å². The van der Waals surface area contributed by atoms with Crippen LogP contribution in [0.4, 0.5) is 22.0 Å². The summed E-state index contributed by atoms with van der Waals surface area (Å²) in [5.74, 6) is -2.89. The number of pyridine rings is 1. The minimum absolute atomic E-state index is 0.110. The summed E-state index contributed by atoms with van der Waals surface area (Å²) in [6.07, 6.45) is -8.91. The Morgan fingerprint density at radius 3 is 1.97 bits per heavy atom. The molecule has 2 rings (SSSR count). The molecular weight excluding hydrogens is 427 g/mol. The number of aromatic nitrogens is 1. The molecule has 0 aliphatic heterocycles. The molecule has 1 heterocycles. The van der Waals surface area contributed by atoms with Gasteiger partial charge in [-0.2, -0.15) is 18.4 Å². The Kier molecular flexibility index (Phi) is 7.28. The second kappa shape index (κ2) is 9.51. The molecule has 0 N–H and O–H groups in total. The maximum absolute atomic E-state index is 13.7. The van der Waals surface area contributed by atoms with Gasteiger partial charge < -0.3 is 9.47 Å². The Labute approximate surface area is 173 Å². The number of hydrogen-bond acceptors (Lipinski definition) is 6. The van der Waals surface area contributed by atoms with Crippen molar-refractivity contribution in [3.05, 3.63) is 52.3 Å². The average molecular weight is 442 g/mol. The summed E-state index contributed by atoms with van der Waals surface area (Å²) in [5, 5.41) is 8.94. The number of nitriles is 1. The summed E-state index contributed by atoms with van der Waals surface area (Å²) >= 11 is 0. The number of carbonyl (C=O) groups is 2. The van der Waals surface area contributed by atoms with Gasteiger partial charge in [-0.1, -0.05) is 12.1 Å². The van der Waals surface area contributed by atoms with Crippen LogP contribution in [0.1, 0.15) is 57.9 Å². The first-order valence-corrected chi connectivity index (χ1v) is 8.84. The fourth-order valence-corrected chi connectivity index (χ4v) is 2.78. The Hall–Kier alpha value is -3.55. The standard InChI is InChI=1S/C20H15F5N2O4/c1-3-30-18(28)13-12(11-7-5-10(9-26)6-8-11)14(19(29)31-4-2)16(20(23,24)25)27-15(13)17(21)22/h5-8,17H,3-4H2,1-2H3. The van der Waals surface area contributed by atoms with Crippen LogP contribution in [0.3, 0.4) is 0 Å². The van der Waals surface area contributed by atoms with Gasteiger partial charge in [-0.15, -0.1) is 0 Å². The summed E-state index contributed by atoms with van der Waals surface area (Å²) in [6, 6.07) is 6.41. The summed E-state index contributed by atoms with van der Waals surface area (Å²) in [7, 11) is 0. The highest BCUT2D eigenvalue weighted by atomic mass is 19.4. The van der Waals surface area contributed by atoms with Gasteiger partial charge in [0.05, 0.1) is 36.0 Å². The third kappa shape index (κ3) is 4.96. The van der Waals surface area contributed by atoms with Crippen LogP contribution in [-0.4, -0.2) is 30.1 Å². The van der Waals surface area contributed by atoms with E-state index in [9.17, 15) is 31.5 Å². The van der Waals surface area contributed by atoms with Crippen LogP contribution >= 0.6 is 0 Å². The monoisotopic (exact) mass is 442 g/mol. The van der Waals surface area contributed by atoms with Gasteiger partial charge in [0.25, 0.3) is 6.43 Å². The van der Waals surface area contributed by atoms with Crippen LogP contribution in [0.15, 0.2) is 24.3 Å². The Bertz CT molecular complexity index is 1030. The van der Waals surface area contributed by atoms with Crippen molar-refractivity contribution in [2.75, 3.05) is 13.2 Å². The summed E-state index contributed by atoms with van der Waals surface area (Å²) in [4.78, 5) is 27.9. The lowest BCUT2D eigenvalue weighted by atomic mass is 9.91. The molecule has 0 spiro atoms. The van der Waals surface area contributed by atoms with Gasteiger partial charge in [-0.25, -0.2) is 23.4 Å². The highest BCUT2D eigenvalue weighted by molar-refractivity contribution is 6.07. The lowest BCUT2D eigenvalue weighted by Crippen LogP contribution is -2.24. The van der Waals surface area contributed by atoms with Gasteiger partial charge in [0.2, 0.25) is 0 Å². The minimum atomic E-state index is -5.32. The maximum Gasteiger partial charge on any atom is 0.434 e. The molecule has 0 fully saturated rings. The van der Waals surface area contributed by atoms with E-state index in [4.69, 9.17) is 14.7 Å². The molecule has 0 aliphatic rings. The normalized spacial score (nSPS) is 11.2. The number of ether oxygens (including phenoxy) is 2. The molecule has 11 heteroatoms. The maximum atomic E-state index is 13.7. The van der Waals surface area contributed by atoms with Crippen molar-refractivity contribution >= 4 is 11.9 Å². The molecular formula is C20H15F5N2O4. The lowest BCUT2D eigenvalue weighted by Gasteiger charge is -2.21. The van der Waals surface area contributed by atoms with Crippen LogP contribution in [0.5, 0.6) is 0 Å². The molecule has 0 atom stereocenters. The van der Waals surface area contributed by atoms with Gasteiger partial charge >= 0.3 is 18.1 Å². The molecule has 0 saturated heterocycles. The molecule has 0 saturated carbocycles. The van der Waals surface area contributed by atoms with E-state index in [1.54, 1.807) is 6.07 Å². The van der Waals surface area contributed by atoms with Gasteiger partial charge in [0.15, 0.2) is 5.69 Å². The SMILES string of the molecule is CCOC(=O)c1c(C(F)F)nc(C(F)(F)F)c(C(=O)OCC)c1-c1ccc(C#N)cc1. The first kappa shape index (κ1) is 23.7. The second-order valence-electron chi connectivity index (χ2n) is 5.90. The lowest BCUT2D eigenvalue weighted by molar-refractivity contribution is -0.142. The Morgan fingerprint density at radius 2 is 1.55 bits per heavy atom. The number of esters is 2. The molecule has 0 radical (unpaired) electrons. The van der Waals surface area contributed by atoms with E-state index in [-0.39, 0.29) is 24.3 Å². The fourth-order valence-electron chi connectivity index (χ4n) is 2.78. The third-order valence-corrected chi connectivity index (χ3v) is 3.96. The van der Waals surface area contributed by atoms with Crippen molar-refractivity contribution in [3.63, 3.8) is 0 Å². The molecule has 164 valence electrons. The number of hydrogen-bond donors (Lipinski definition) is 0. The van der Waals surface area contributed by atoms with Gasteiger partial charge in [0.1, 0.15) is 5.69 Å². The van der Waals surface area contributed by atoms with E-state index < -0.39 is 52.6 Å². The van der Waals surface area contributed by atoms with Gasteiger partial charge in [0, 0.05) is 5.56 Å². The molecule has 2 aromatic rings. The number of alkyl halides is 5. The number of benzene rings is 1. The highest BCUT2D eigenvalue weighted by Crippen LogP contribution is 2.41. The molecule has 0 bridgehead atoms. The number of rotatable bonds is 6. The van der Waals surface area contributed by atoms with Crippen LogP contribution in [0.25, 0.3) is 11.1 Å². The Balaban J connectivity index is 3.09. The smallest absolute Gasteiger partial charge is 0.434 e. The molecule has 31 heavy (non-hydrogen) atoms. The first-order valence-electron chi connectivity index (χ1n) is 8.84. The van der Waals surface area contributed by atoms with Crippen molar-refractivity contribution in [2.24, 2.45) is 0 Å². The van der Waals surface area contributed by atoms with E-state index in [2.05, 4.69) is 4.98 Å². The van der Waals surface area contributed by atoms with Crippen molar-refractivity contribution < 1.29 is 41.0 Å². The Morgan fingerprint density at radius 1 is 1.03 bits per heavy atom. The largest absolute Gasteiger partial charge is 0.462 e. The molecule has 6 nitrogen and oxygen atoms in total. The van der Waals surface area contributed by atoms with Gasteiger partial charge in [-0.05, 0) is 31.5 Å². The van der Waals surface area contributed by atoms with E-state index in [0.29, 0.717) is 0 Å². The van der Waals surface area contributed by atoms with E-state index in [0.717, 1.165) is 12.1 Å². The van der Waals surface area contributed by atoms with E-state index in [1.807, 2.05) is 0 Å². The van der Waals surface area contributed by atoms with Crippen molar-refractivity contribution in [1.82, 2.24) is 4.98 Å². The number of carbonyl (C=O) groups excluding carboxylic acids is 2. The zero-order chi connectivity index (χ0) is 23.3. The molecule has 0 amide bonds. The fraction of sp³-hybridized carbons (Fsp3) is 0.300. The second-order valence-corrected chi connectivity index (χ2v) is 5.90. The quantitative estimate of drug-likeness (QED) is 0.466. The predicted octanol–water partition coefficient (Wildman–Crippen LogP) is 4.93. The van der Waals surface area contributed by atoms with Crippen molar-refractivity contribution in [1.29, 1.82) is 5.26 Å². The third-order valence-electron chi connectivity index (χ3n) is 3.96. The predicted molar refractivity (Wildman–Crippen MR) is 96.3 cm³/mol. The number of halogens is 5. The zero-order valence-electron chi connectivity index (χ0n) is 16.2. The van der Waals surface area contributed by atoms with Crippen LogP contribution in [-0.2, 0) is 15.7 Å². The highest BCUT2D eigenvalue weighted by Gasteiger charge is 2.43. The van der Waals surface area contributed by atoms with Crippen molar-refractivity contribution in [3.8, 4) is 17.2 Å². The topological polar surface area (TPSA) is 89.3 Å². The zero-order valence-corrected chi connectivity index (χ0v) is 16.2. The van der Waals surface area contributed by atoms with Crippen LogP contribution < -0.4 is 0 Å². The average Bonchev–Trinajstić information content (AvgIpc) is 2.71. The minimum Gasteiger partial charge on any atom is -0.462 e. The summed E-state index contributed by atoms with van der Waals surface area (Å²) < 4.78 is 78.0. The summed E-state index contributed by atoms with van der Waals surface area (Å²) in [5.41, 5.74) is -6.46. The van der Waals surface area contributed by atoms with E-state index in [1.165, 1.54) is 26.0 Å². The first-order chi connectivity index (χ1) is 14.6.